The highest BCUT2D eigenvalue weighted by molar-refractivity contribution is 5.91. The largest absolute Gasteiger partial charge is 0.462 e. The molecule has 2 N–H and O–H groups in total. The molecule has 0 saturated heterocycles. The van der Waals surface area contributed by atoms with Crippen LogP contribution in [0.2, 0.25) is 0 Å². The van der Waals surface area contributed by atoms with Crippen LogP contribution in [0.25, 0.3) is 6.08 Å². The molecule has 1 heterocycles. The predicted molar refractivity (Wildman–Crippen MR) is 73.5 cm³/mol. The SMILES string of the molecule is Cc1ccc(/C=C/C(=O)NCC(O)C2CCCC2)o1. The van der Waals surface area contributed by atoms with Crippen molar-refractivity contribution in [1.29, 1.82) is 0 Å². The summed E-state index contributed by atoms with van der Waals surface area (Å²) in [6, 6.07) is 3.66. The molecule has 1 atom stereocenters. The summed E-state index contributed by atoms with van der Waals surface area (Å²) in [7, 11) is 0. The van der Waals surface area contributed by atoms with Gasteiger partial charge in [-0.1, -0.05) is 12.8 Å². The molecule has 1 aromatic heterocycles. The predicted octanol–water partition coefficient (Wildman–Crippen LogP) is 2.27. The lowest BCUT2D eigenvalue weighted by molar-refractivity contribution is -0.117. The highest BCUT2D eigenvalue weighted by Gasteiger charge is 2.22. The molecule has 1 aliphatic rings. The molecule has 19 heavy (non-hydrogen) atoms. The molecule has 1 fully saturated rings. The molecule has 1 saturated carbocycles. The Morgan fingerprint density at radius 2 is 2.26 bits per heavy atom. The summed E-state index contributed by atoms with van der Waals surface area (Å²) in [6.07, 6.45) is 7.15. The number of nitrogens with one attached hydrogen (secondary N) is 1. The highest BCUT2D eigenvalue weighted by Crippen LogP contribution is 2.27. The minimum absolute atomic E-state index is 0.203. The Balaban J connectivity index is 1.73. The lowest BCUT2D eigenvalue weighted by Crippen LogP contribution is -2.34. The Kier molecular flexibility index (Phi) is 4.80. The van der Waals surface area contributed by atoms with Gasteiger partial charge in [0.05, 0.1) is 6.10 Å². The van der Waals surface area contributed by atoms with E-state index in [4.69, 9.17) is 4.42 Å². The Labute approximate surface area is 113 Å². The Bertz CT molecular complexity index is 444. The molecule has 0 aliphatic heterocycles. The molecule has 1 amide bonds. The number of hydrogen-bond acceptors (Lipinski definition) is 3. The zero-order valence-corrected chi connectivity index (χ0v) is 11.3. The highest BCUT2D eigenvalue weighted by atomic mass is 16.3. The summed E-state index contributed by atoms with van der Waals surface area (Å²) >= 11 is 0. The second-order valence-electron chi connectivity index (χ2n) is 5.14. The van der Waals surface area contributed by atoms with Gasteiger partial charge in [-0.3, -0.25) is 4.79 Å². The van der Waals surface area contributed by atoms with Crippen LogP contribution in [0.1, 0.15) is 37.2 Å². The van der Waals surface area contributed by atoms with Gasteiger partial charge in [0.25, 0.3) is 0 Å². The van der Waals surface area contributed by atoms with Crippen LogP contribution in [-0.4, -0.2) is 23.7 Å². The number of aryl methyl sites for hydroxylation is 1. The summed E-state index contributed by atoms with van der Waals surface area (Å²) in [5.41, 5.74) is 0. The summed E-state index contributed by atoms with van der Waals surface area (Å²) in [6.45, 7) is 2.18. The first kappa shape index (κ1) is 13.9. The molecule has 0 bridgehead atoms. The Morgan fingerprint density at radius 3 is 2.89 bits per heavy atom. The molecule has 4 heteroatoms. The lowest BCUT2D eigenvalue weighted by Gasteiger charge is -2.17. The second kappa shape index (κ2) is 6.57. The van der Waals surface area contributed by atoms with Crippen LogP contribution in [-0.2, 0) is 4.79 Å². The number of amides is 1. The zero-order chi connectivity index (χ0) is 13.7. The van der Waals surface area contributed by atoms with E-state index in [1.54, 1.807) is 6.08 Å². The maximum absolute atomic E-state index is 11.6. The van der Waals surface area contributed by atoms with Crippen molar-refractivity contribution in [3.05, 3.63) is 29.7 Å². The van der Waals surface area contributed by atoms with Crippen LogP contribution < -0.4 is 5.32 Å². The van der Waals surface area contributed by atoms with Crippen molar-refractivity contribution in [3.63, 3.8) is 0 Å². The fraction of sp³-hybridized carbons (Fsp3) is 0.533. The summed E-state index contributed by atoms with van der Waals surface area (Å²) in [4.78, 5) is 11.6. The number of aliphatic hydroxyl groups excluding tert-OH is 1. The van der Waals surface area contributed by atoms with Crippen molar-refractivity contribution in [2.24, 2.45) is 5.92 Å². The van der Waals surface area contributed by atoms with E-state index in [9.17, 15) is 9.90 Å². The van der Waals surface area contributed by atoms with E-state index in [1.807, 2.05) is 19.1 Å². The van der Waals surface area contributed by atoms with Crippen LogP contribution in [0.4, 0.5) is 0 Å². The van der Waals surface area contributed by atoms with Gasteiger partial charge in [0.2, 0.25) is 5.91 Å². The third-order valence-electron chi connectivity index (χ3n) is 3.59. The lowest BCUT2D eigenvalue weighted by atomic mass is 10.0. The van der Waals surface area contributed by atoms with Gasteiger partial charge in [0.1, 0.15) is 11.5 Å². The molecule has 0 aromatic carbocycles. The fourth-order valence-electron chi connectivity index (χ4n) is 2.47. The first-order chi connectivity index (χ1) is 9.15. The van der Waals surface area contributed by atoms with E-state index in [1.165, 1.54) is 18.9 Å². The fourth-order valence-corrected chi connectivity index (χ4v) is 2.47. The number of rotatable bonds is 5. The topological polar surface area (TPSA) is 62.5 Å². The summed E-state index contributed by atoms with van der Waals surface area (Å²) in [5, 5.41) is 12.6. The first-order valence-electron chi connectivity index (χ1n) is 6.85. The van der Waals surface area contributed by atoms with Crippen LogP contribution in [0, 0.1) is 12.8 Å². The number of carbonyl (C=O) groups is 1. The average molecular weight is 263 g/mol. The summed E-state index contributed by atoms with van der Waals surface area (Å²) in [5.74, 6) is 1.61. The molecule has 2 rings (SSSR count). The van der Waals surface area contributed by atoms with Crippen LogP contribution in [0.3, 0.4) is 0 Å². The van der Waals surface area contributed by atoms with Gasteiger partial charge in [0, 0.05) is 12.6 Å². The second-order valence-corrected chi connectivity index (χ2v) is 5.14. The van der Waals surface area contributed by atoms with Crippen LogP contribution in [0.5, 0.6) is 0 Å². The van der Waals surface area contributed by atoms with Crippen LogP contribution in [0.15, 0.2) is 22.6 Å². The molecule has 0 radical (unpaired) electrons. The van der Waals surface area contributed by atoms with Crippen molar-refractivity contribution in [3.8, 4) is 0 Å². The van der Waals surface area contributed by atoms with E-state index >= 15 is 0 Å². The smallest absolute Gasteiger partial charge is 0.244 e. The standard InChI is InChI=1S/C15H21NO3/c1-11-6-7-13(19-11)8-9-15(18)16-10-14(17)12-4-2-3-5-12/h6-9,12,14,17H,2-5,10H2,1H3,(H,16,18)/b9-8+. The monoisotopic (exact) mass is 263 g/mol. The molecule has 4 nitrogen and oxygen atoms in total. The molecule has 1 aliphatic carbocycles. The molecule has 0 spiro atoms. The number of hydrogen-bond donors (Lipinski definition) is 2. The van der Waals surface area contributed by atoms with E-state index < -0.39 is 6.10 Å². The third kappa shape index (κ3) is 4.24. The van der Waals surface area contributed by atoms with E-state index in [2.05, 4.69) is 5.32 Å². The number of furan rings is 1. The Morgan fingerprint density at radius 1 is 1.53 bits per heavy atom. The Hall–Kier alpha value is -1.55. The average Bonchev–Trinajstić information content (AvgIpc) is 3.04. The van der Waals surface area contributed by atoms with Gasteiger partial charge < -0.3 is 14.8 Å². The maximum atomic E-state index is 11.6. The van der Waals surface area contributed by atoms with Gasteiger partial charge >= 0.3 is 0 Å². The van der Waals surface area contributed by atoms with Gasteiger partial charge in [-0.05, 0) is 43.9 Å². The molecule has 1 aromatic rings. The number of aliphatic hydroxyl groups is 1. The molecule has 1 unspecified atom stereocenters. The van der Waals surface area contributed by atoms with Gasteiger partial charge in [-0.25, -0.2) is 0 Å². The van der Waals surface area contributed by atoms with Crippen molar-refractivity contribution < 1.29 is 14.3 Å². The molecular formula is C15H21NO3. The van der Waals surface area contributed by atoms with Crippen LogP contribution >= 0.6 is 0 Å². The molecular weight excluding hydrogens is 242 g/mol. The van der Waals surface area contributed by atoms with Gasteiger partial charge in [0.15, 0.2) is 0 Å². The normalized spacial score (nSPS) is 18.0. The third-order valence-corrected chi connectivity index (χ3v) is 3.59. The number of carbonyl (C=O) groups excluding carboxylic acids is 1. The molecule has 104 valence electrons. The van der Waals surface area contributed by atoms with Crippen molar-refractivity contribution in [1.82, 2.24) is 5.32 Å². The van der Waals surface area contributed by atoms with E-state index in [0.717, 1.165) is 18.6 Å². The minimum atomic E-state index is -0.425. The van der Waals surface area contributed by atoms with Gasteiger partial charge in [-0.2, -0.15) is 0 Å². The minimum Gasteiger partial charge on any atom is -0.462 e. The van der Waals surface area contributed by atoms with E-state index in [0.29, 0.717) is 18.2 Å². The maximum Gasteiger partial charge on any atom is 0.244 e. The quantitative estimate of drug-likeness (QED) is 0.801. The van der Waals surface area contributed by atoms with Crippen molar-refractivity contribution >= 4 is 12.0 Å². The summed E-state index contributed by atoms with van der Waals surface area (Å²) < 4.78 is 5.32. The van der Waals surface area contributed by atoms with Crippen molar-refractivity contribution in [2.45, 2.75) is 38.7 Å². The van der Waals surface area contributed by atoms with Gasteiger partial charge in [-0.15, -0.1) is 0 Å². The van der Waals surface area contributed by atoms with E-state index in [-0.39, 0.29) is 5.91 Å². The van der Waals surface area contributed by atoms with Crippen molar-refractivity contribution in [2.75, 3.05) is 6.54 Å². The first-order valence-corrected chi connectivity index (χ1v) is 6.85. The zero-order valence-electron chi connectivity index (χ0n) is 11.3.